The van der Waals surface area contributed by atoms with Gasteiger partial charge in [-0.1, -0.05) is 78.9 Å². The van der Waals surface area contributed by atoms with Gasteiger partial charge in [-0.25, -0.2) is 4.79 Å². The molecule has 3 heteroatoms. The van der Waals surface area contributed by atoms with Crippen LogP contribution in [0.2, 0.25) is 0 Å². The van der Waals surface area contributed by atoms with Crippen molar-refractivity contribution in [1.29, 1.82) is 0 Å². The number of carbonyl (C=O) groups is 1. The van der Waals surface area contributed by atoms with E-state index in [1.807, 2.05) is 66.7 Å². The van der Waals surface area contributed by atoms with Gasteiger partial charge in [0.2, 0.25) is 0 Å². The van der Waals surface area contributed by atoms with E-state index in [0.29, 0.717) is 5.75 Å². The van der Waals surface area contributed by atoms with Crippen LogP contribution in [0.25, 0.3) is 0 Å². The molecular formula is C20H16O3. The lowest BCUT2D eigenvalue weighted by atomic mass is 10.0. The van der Waals surface area contributed by atoms with Crippen LogP contribution in [-0.4, -0.2) is 6.16 Å². The van der Waals surface area contributed by atoms with Crippen molar-refractivity contribution in [2.24, 2.45) is 0 Å². The zero-order valence-electron chi connectivity index (χ0n) is 12.5. The number of carbonyl (C=O) groups excluding carboxylic acids is 1. The Morgan fingerprint density at radius 1 is 0.652 bits per heavy atom. The molecule has 3 rings (SSSR count). The number of hydrogen-bond donors (Lipinski definition) is 0. The lowest BCUT2D eigenvalue weighted by Gasteiger charge is -2.18. The maximum Gasteiger partial charge on any atom is 0.514 e. The van der Waals surface area contributed by atoms with Crippen molar-refractivity contribution < 1.29 is 14.3 Å². The van der Waals surface area contributed by atoms with Crippen LogP contribution in [-0.2, 0) is 4.74 Å². The van der Waals surface area contributed by atoms with Gasteiger partial charge >= 0.3 is 6.16 Å². The molecule has 0 amide bonds. The van der Waals surface area contributed by atoms with Gasteiger partial charge in [-0.05, 0) is 23.3 Å². The third-order valence-corrected chi connectivity index (χ3v) is 3.36. The Morgan fingerprint density at radius 2 is 1.09 bits per heavy atom. The smallest absolute Gasteiger partial charge is 0.421 e. The zero-order valence-corrected chi connectivity index (χ0v) is 12.5. The number of hydrogen-bond acceptors (Lipinski definition) is 3. The van der Waals surface area contributed by atoms with Gasteiger partial charge in [-0.2, -0.15) is 0 Å². The van der Waals surface area contributed by atoms with Crippen LogP contribution in [0, 0.1) is 0 Å². The third kappa shape index (κ3) is 3.98. The fourth-order valence-electron chi connectivity index (χ4n) is 2.29. The van der Waals surface area contributed by atoms with Crippen LogP contribution in [0.4, 0.5) is 4.79 Å². The Bertz CT molecular complexity index is 700. The minimum absolute atomic E-state index is 0.456. The van der Waals surface area contributed by atoms with Crippen molar-refractivity contribution in [3.63, 3.8) is 0 Å². The van der Waals surface area contributed by atoms with E-state index in [-0.39, 0.29) is 0 Å². The Hall–Kier alpha value is -3.07. The van der Waals surface area contributed by atoms with Crippen LogP contribution in [0.1, 0.15) is 17.2 Å². The molecule has 0 radical (unpaired) electrons. The molecular weight excluding hydrogens is 288 g/mol. The first-order valence-corrected chi connectivity index (χ1v) is 7.36. The summed E-state index contributed by atoms with van der Waals surface area (Å²) in [5.41, 5.74) is 1.78. The van der Waals surface area contributed by atoms with Crippen LogP contribution in [0.3, 0.4) is 0 Å². The van der Waals surface area contributed by atoms with Crippen LogP contribution in [0.5, 0.6) is 5.75 Å². The standard InChI is InChI=1S/C20H16O3/c21-20(22-18-14-8-3-9-15-18)23-19(16-10-4-1-5-11-16)17-12-6-2-7-13-17/h1-15,19H. The quantitative estimate of drug-likeness (QED) is 0.503. The Kier molecular flexibility index (Phi) is 4.69. The molecule has 0 spiro atoms. The topological polar surface area (TPSA) is 35.5 Å². The van der Waals surface area contributed by atoms with E-state index in [4.69, 9.17) is 9.47 Å². The molecule has 0 aliphatic heterocycles. The summed E-state index contributed by atoms with van der Waals surface area (Å²) in [6.45, 7) is 0. The maximum atomic E-state index is 12.1. The molecule has 23 heavy (non-hydrogen) atoms. The minimum Gasteiger partial charge on any atom is -0.421 e. The Balaban J connectivity index is 1.81. The van der Waals surface area contributed by atoms with E-state index in [0.717, 1.165) is 11.1 Å². The number of ether oxygens (including phenoxy) is 2. The SMILES string of the molecule is O=C(Oc1ccccc1)OC(c1ccccc1)c1ccccc1. The molecule has 0 saturated heterocycles. The zero-order chi connectivity index (χ0) is 15.9. The summed E-state index contributed by atoms with van der Waals surface area (Å²) in [4.78, 5) is 12.1. The summed E-state index contributed by atoms with van der Waals surface area (Å²) in [6, 6.07) is 28.1. The molecule has 0 aromatic heterocycles. The maximum absolute atomic E-state index is 12.1. The van der Waals surface area contributed by atoms with Gasteiger partial charge in [0.15, 0.2) is 6.10 Å². The molecule has 0 aliphatic carbocycles. The van der Waals surface area contributed by atoms with Crippen LogP contribution in [0.15, 0.2) is 91.0 Å². The average Bonchev–Trinajstić information content (AvgIpc) is 2.62. The van der Waals surface area contributed by atoms with Gasteiger partial charge in [0, 0.05) is 0 Å². The number of rotatable bonds is 4. The molecule has 3 aromatic carbocycles. The number of benzene rings is 3. The van der Waals surface area contributed by atoms with Crippen molar-refractivity contribution in [3.05, 3.63) is 102 Å². The molecule has 0 unspecified atom stereocenters. The molecule has 0 heterocycles. The van der Waals surface area contributed by atoms with Crippen molar-refractivity contribution in [2.75, 3.05) is 0 Å². The van der Waals surface area contributed by atoms with E-state index in [2.05, 4.69) is 0 Å². The second-order valence-electron chi connectivity index (χ2n) is 4.98. The highest BCUT2D eigenvalue weighted by Gasteiger charge is 2.20. The molecule has 0 bridgehead atoms. The molecule has 0 N–H and O–H groups in total. The molecule has 114 valence electrons. The highest BCUT2D eigenvalue weighted by molar-refractivity contribution is 5.64. The molecule has 0 fully saturated rings. The molecule has 0 atom stereocenters. The van der Waals surface area contributed by atoms with Gasteiger partial charge in [0.05, 0.1) is 0 Å². The Morgan fingerprint density at radius 3 is 1.57 bits per heavy atom. The highest BCUT2D eigenvalue weighted by atomic mass is 16.7. The first-order chi connectivity index (χ1) is 11.3. The van der Waals surface area contributed by atoms with Crippen molar-refractivity contribution in [3.8, 4) is 5.75 Å². The van der Waals surface area contributed by atoms with E-state index in [1.54, 1.807) is 24.3 Å². The first kappa shape index (κ1) is 14.9. The monoisotopic (exact) mass is 304 g/mol. The van der Waals surface area contributed by atoms with Gasteiger partial charge in [-0.3, -0.25) is 0 Å². The summed E-state index contributed by atoms with van der Waals surface area (Å²) in [6.07, 6.45) is -1.23. The summed E-state index contributed by atoms with van der Waals surface area (Å²) in [7, 11) is 0. The molecule has 0 saturated carbocycles. The highest BCUT2D eigenvalue weighted by Crippen LogP contribution is 2.26. The second-order valence-corrected chi connectivity index (χ2v) is 4.98. The summed E-state index contributed by atoms with van der Waals surface area (Å²) >= 11 is 0. The fraction of sp³-hybridized carbons (Fsp3) is 0.0500. The predicted molar refractivity (Wildman–Crippen MR) is 88.3 cm³/mol. The molecule has 3 nitrogen and oxygen atoms in total. The summed E-state index contributed by atoms with van der Waals surface area (Å²) in [5.74, 6) is 0.456. The summed E-state index contributed by atoms with van der Waals surface area (Å²) < 4.78 is 10.8. The molecule has 0 aliphatic rings. The van der Waals surface area contributed by atoms with Gasteiger partial charge in [0.1, 0.15) is 5.75 Å². The van der Waals surface area contributed by atoms with E-state index >= 15 is 0 Å². The van der Waals surface area contributed by atoms with E-state index in [1.165, 1.54) is 0 Å². The number of para-hydroxylation sites is 1. The lowest BCUT2D eigenvalue weighted by molar-refractivity contribution is 0.0733. The second kappa shape index (κ2) is 7.27. The van der Waals surface area contributed by atoms with E-state index < -0.39 is 12.3 Å². The minimum atomic E-state index is -0.728. The predicted octanol–water partition coefficient (Wildman–Crippen LogP) is 4.99. The van der Waals surface area contributed by atoms with Gasteiger partial charge < -0.3 is 9.47 Å². The third-order valence-electron chi connectivity index (χ3n) is 3.36. The van der Waals surface area contributed by atoms with Crippen molar-refractivity contribution >= 4 is 6.16 Å². The normalized spacial score (nSPS) is 10.3. The average molecular weight is 304 g/mol. The largest absolute Gasteiger partial charge is 0.514 e. The van der Waals surface area contributed by atoms with Crippen molar-refractivity contribution in [1.82, 2.24) is 0 Å². The first-order valence-electron chi connectivity index (χ1n) is 7.36. The molecule has 3 aromatic rings. The van der Waals surface area contributed by atoms with Crippen LogP contribution < -0.4 is 4.74 Å². The fourth-order valence-corrected chi connectivity index (χ4v) is 2.29. The van der Waals surface area contributed by atoms with E-state index in [9.17, 15) is 4.79 Å². The Labute approximate surface area is 135 Å². The summed E-state index contributed by atoms with van der Waals surface area (Å²) in [5, 5.41) is 0. The van der Waals surface area contributed by atoms with Crippen molar-refractivity contribution in [2.45, 2.75) is 6.10 Å². The van der Waals surface area contributed by atoms with Gasteiger partial charge in [0.25, 0.3) is 0 Å². The lowest BCUT2D eigenvalue weighted by Crippen LogP contribution is -2.16. The van der Waals surface area contributed by atoms with Crippen LogP contribution >= 0.6 is 0 Å². The van der Waals surface area contributed by atoms with Gasteiger partial charge in [-0.15, -0.1) is 0 Å².